The number of aryl methyl sites for hydroxylation is 1. The number of urea groups is 1. The number of nitrogens with one attached hydrogen (secondary N) is 1. The third-order valence-electron chi connectivity index (χ3n) is 3.86. The van der Waals surface area contributed by atoms with Crippen LogP contribution in [-0.2, 0) is 11.3 Å². The number of para-hydroxylation sites is 1. The summed E-state index contributed by atoms with van der Waals surface area (Å²) in [4.78, 5) is 36.2. The molecule has 1 N–H and O–H groups in total. The lowest BCUT2D eigenvalue weighted by atomic mass is 10.1. The Morgan fingerprint density at radius 1 is 1.12 bits per heavy atom. The number of rotatable bonds is 4. The molecule has 1 aliphatic rings. The van der Waals surface area contributed by atoms with E-state index in [-0.39, 0.29) is 23.5 Å². The summed E-state index contributed by atoms with van der Waals surface area (Å²) in [7, 11) is 0. The zero-order valence-electron chi connectivity index (χ0n) is 13.4. The maximum absolute atomic E-state index is 12.5. The largest absolute Gasteiger partial charge is 0.329 e. The fraction of sp³-hybridized carbons (Fsp3) is 0.111. The van der Waals surface area contributed by atoms with Crippen molar-refractivity contribution in [2.45, 2.75) is 13.5 Å². The Hall–Kier alpha value is -3.48. The molecule has 2 aromatic rings. The molecule has 0 spiro atoms. The zero-order chi connectivity index (χ0) is 18.0. The third-order valence-corrected chi connectivity index (χ3v) is 3.86. The Bertz CT molecular complexity index is 887. The Balaban J connectivity index is 1.86. The van der Waals surface area contributed by atoms with E-state index >= 15 is 0 Å². The number of nitro benzene ring substituents is 1. The van der Waals surface area contributed by atoms with Crippen LogP contribution in [0.1, 0.15) is 16.7 Å². The Morgan fingerprint density at radius 2 is 1.80 bits per heavy atom. The highest BCUT2D eigenvalue weighted by molar-refractivity contribution is 6.14. The predicted molar refractivity (Wildman–Crippen MR) is 91.3 cm³/mol. The molecule has 3 amide bonds. The van der Waals surface area contributed by atoms with Crippen LogP contribution in [0.4, 0.5) is 10.5 Å². The van der Waals surface area contributed by atoms with E-state index in [0.717, 1.165) is 16.0 Å². The van der Waals surface area contributed by atoms with E-state index in [1.54, 1.807) is 12.1 Å². The van der Waals surface area contributed by atoms with Gasteiger partial charge in [-0.1, -0.05) is 42.0 Å². The summed E-state index contributed by atoms with van der Waals surface area (Å²) in [5.41, 5.74) is 2.05. The summed E-state index contributed by atoms with van der Waals surface area (Å²) >= 11 is 0. The number of carbonyl (C=O) groups is 2. The van der Waals surface area contributed by atoms with Crippen LogP contribution in [0.5, 0.6) is 0 Å². The van der Waals surface area contributed by atoms with Gasteiger partial charge < -0.3 is 5.32 Å². The molecule has 0 bridgehead atoms. The van der Waals surface area contributed by atoms with Crippen molar-refractivity contribution in [3.05, 3.63) is 81.0 Å². The molecule has 3 rings (SSSR count). The Labute approximate surface area is 143 Å². The van der Waals surface area contributed by atoms with E-state index in [4.69, 9.17) is 0 Å². The normalized spacial score (nSPS) is 15.6. The predicted octanol–water partition coefficient (Wildman–Crippen LogP) is 3.00. The maximum atomic E-state index is 12.5. The van der Waals surface area contributed by atoms with Crippen molar-refractivity contribution in [1.29, 1.82) is 0 Å². The third kappa shape index (κ3) is 3.40. The van der Waals surface area contributed by atoms with Crippen LogP contribution in [0.3, 0.4) is 0 Å². The molecule has 0 aliphatic carbocycles. The molecule has 1 heterocycles. The van der Waals surface area contributed by atoms with Gasteiger partial charge in [-0.25, -0.2) is 4.79 Å². The fourth-order valence-corrected chi connectivity index (χ4v) is 2.52. The van der Waals surface area contributed by atoms with Crippen LogP contribution >= 0.6 is 0 Å². The van der Waals surface area contributed by atoms with Gasteiger partial charge in [-0.15, -0.1) is 0 Å². The molecule has 126 valence electrons. The van der Waals surface area contributed by atoms with Gasteiger partial charge in [-0.3, -0.25) is 19.8 Å². The molecule has 1 fully saturated rings. The van der Waals surface area contributed by atoms with Crippen LogP contribution in [0, 0.1) is 17.0 Å². The van der Waals surface area contributed by atoms with Crippen LogP contribution in [0.25, 0.3) is 6.08 Å². The molecule has 7 heteroatoms. The fourth-order valence-electron chi connectivity index (χ4n) is 2.52. The summed E-state index contributed by atoms with van der Waals surface area (Å²) in [6.45, 7) is 2.09. The van der Waals surface area contributed by atoms with Crippen molar-refractivity contribution in [3.8, 4) is 0 Å². The van der Waals surface area contributed by atoms with Crippen molar-refractivity contribution in [1.82, 2.24) is 10.2 Å². The number of hydrogen-bond donors (Lipinski definition) is 1. The summed E-state index contributed by atoms with van der Waals surface area (Å²) in [6.07, 6.45) is 1.33. The second-order valence-electron chi connectivity index (χ2n) is 5.68. The van der Waals surface area contributed by atoms with Crippen LogP contribution < -0.4 is 5.32 Å². The average molecular weight is 337 g/mol. The van der Waals surface area contributed by atoms with Gasteiger partial charge in [0.05, 0.1) is 17.0 Å². The highest BCUT2D eigenvalue weighted by Crippen LogP contribution is 2.23. The first-order valence-electron chi connectivity index (χ1n) is 7.59. The molecule has 1 saturated heterocycles. The lowest BCUT2D eigenvalue weighted by molar-refractivity contribution is -0.385. The standard InChI is InChI=1S/C18H15N3O4/c1-12-6-8-13(9-7-12)11-20-17(22)15(19-18(20)23)10-14-4-2-3-5-16(14)21(24)25/h2-10H,11H2,1H3,(H,19,23)/b15-10+. The summed E-state index contributed by atoms with van der Waals surface area (Å²) in [5, 5.41) is 13.5. The van der Waals surface area contributed by atoms with Crippen LogP contribution in [-0.4, -0.2) is 21.8 Å². The molecule has 0 radical (unpaired) electrons. The number of imide groups is 1. The van der Waals surface area contributed by atoms with E-state index in [1.165, 1.54) is 18.2 Å². The topological polar surface area (TPSA) is 92.6 Å². The minimum absolute atomic E-state index is 0.0198. The van der Waals surface area contributed by atoms with Crippen LogP contribution in [0.2, 0.25) is 0 Å². The second-order valence-corrected chi connectivity index (χ2v) is 5.68. The number of nitro groups is 1. The molecule has 0 aromatic heterocycles. The van der Waals surface area contributed by atoms with Crippen molar-refractivity contribution in [2.75, 3.05) is 0 Å². The molecule has 7 nitrogen and oxygen atoms in total. The molecule has 0 atom stereocenters. The number of benzene rings is 2. The van der Waals surface area contributed by atoms with Gasteiger partial charge in [0.25, 0.3) is 11.6 Å². The molecule has 2 aromatic carbocycles. The van der Waals surface area contributed by atoms with Crippen molar-refractivity contribution >= 4 is 23.7 Å². The first-order chi connectivity index (χ1) is 12.0. The number of amides is 3. The van der Waals surface area contributed by atoms with Gasteiger partial charge in [0, 0.05) is 6.07 Å². The molecule has 1 aliphatic heterocycles. The highest BCUT2D eigenvalue weighted by atomic mass is 16.6. The monoisotopic (exact) mass is 337 g/mol. The van der Waals surface area contributed by atoms with E-state index in [0.29, 0.717) is 0 Å². The molecule has 25 heavy (non-hydrogen) atoms. The van der Waals surface area contributed by atoms with Crippen molar-refractivity contribution in [2.24, 2.45) is 0 Å². The quantitative estimate of drug-likeness (QED) is 0.402. The van der Waals surface area contributed by atoms with E-state index in [2.05, 4.69) is 5.32 Å². The highest BCUT2D eigenvalue weighted by Gasteiger charge is 2.33. The van der Waals surface area contributed by atoms with Crippen molar-refractivity contribution < 1.29 is 14.5 Å². The lowest BCUT2D eigenvalue weighted by Crippen LogP contribution is -2.30. The summed E-state index contributed by atoms with van der Waals surface area (Å²) in [5.74, 6) is -0.510. The minimum Gasteiger partial charge on any atom is -0.303 e. The van der Waals surface area contributed by atoms with E-state index in [1.807, 2.05) is 31.2 Å². The molecular formula is C18H15N3O4. The Kier molecular flexibility index (Phi) is 4.30. The molecule has 0 unspecified atom stereocenters. The smallest absolute Gasteiger partial charge is 0.303 e. The number of carbonyl (C=O) groups excluding carboxylic acids is 2. The minimum atomic E-state index is -0.546. The second kappa shape index (κ2) is 6.56. The number of nitrogens with zero attached hydrogens (tertiary/aromatic N) is 2. The molecular weight excluding hydrogens is 322 g/mol. The van der Waals surface area contributed by atoms with Crippen molar-refractivity contribution in [3.63, 3.8) is 0 Å². The Morgan fingerprint density at radius 3 is 2.48 bits per heavy atom. The molecule has 0 saturated carbocycles. The van der Waals surface area contributed by atoms with E-state index in [9.17, 15) is 19.7 Å². The summed E-state index contributed by atoms with van der Waals surface area (Å²) in [6, 6.07) is 13.0. The zero-order valence-corrected chi connectivity index (χ0v) is 13.4. The maximum Gasteiger partial charge on any atom is 0.329 e. The van der Waals surface area contributed by atoms with Crippen LogP contribution in [0.15, 0.2) is 54.2 Å². The van der Waals surface area contributed by atoms with E-state index < -0.39 is 16.9 Å². The average Bonchev–Trinajstić information content (AvgIpc) is 2.84. The SMILES string of the molecule is Cc1ccc(CN2C(=O)N/C(=C/c3ccccc3[N+](=O)[O-])C2=O)cc1. The van der Waals surface area contributed by atoms with Gasteiger partial charge >= 0.3 is 6.03 Å². The first-order valence-corrected chi connectivity index (χ1v) is 7.59. The van der Waals surface area contributed by atoms with Gasteiger partial charge in [0.1, 0.15) is 5.70 Å². The van der Waals surface area contributed by atoms with Gasteiger partial charge in [0.15, 0.2) is 0 Å². The number of hydrogen-bond acceptors (Lipinski definition) is 4. The first kappa shape index (κ1) is 16.4. The van der Waals surface area contributed by atoms with Gasteiger partial charge in [0.2, 0.25) is 0 Å². The van der Waals surface area contributed by atoms with Gasteiger partial charge in [-0.2, -0.15) is 0 Å². The summed E-state index contributed by atoms with van der Waals surface area (Å²) < 4.78 is 0. The van der Waals surface area contributed by atoms with Gasteiger partial charge in [-0.05, 0) is 24.6 Å². The lowest BCUT2D eigenvalue weighted by Gasteiger charge is -2.11.